The van der Waals surface area contributed by atoms with Gasteiger partial charge in [-0.2, -0.15) is 11.8 Å². The number of aromatic nitrogens is 2. The van der Waals surface area contributed by atoms with Crippen molar-refractivity contribution >= 4 is 34.4 Å². The molecular weight excluding hydrogens is 283 g/mol. The molecule has 0 fully saturated rings. The standard InChI is InChI=1S/C14H18ClFN2S/c1-10(19-2)6-8-18-13-9-11(16)3-4-12(13)17-14(18)5-7-15/h3-4,9-10H,5-8H2,1-2H3. The van der Waals surface area contributed by atoms with Crippen LogP contribution < -0.4 is 0 Å². The first-order valence-electron chi connectivity index (χ1n) is 6.39. The lowest BCUT2D eigenvalue weighted by atomic mass is 10.3. The summed E-state index contributed by atoms with van der Waals surface area (Å²) in [4.78, 5) is 4.55. The lowest BCUT2D eigenvalue weighted by Crippen LogP contribution is -2.09. The van der Waals surface area contributed by atoms with E-state index in [9.17, 15) is 4.39 Å². The third kappa shape index (κ3) is 3.42. The average molecular weight is 301 g/mol. The van der Waals surface area contributed by atoms with E-state index >= 15 is 0 Å². The molecule has 1 heterocycles. The Hall–Kier alpha value is -0.740. The number of benzene rings is 1. The highest BCUT2D eigenvalue weighted by molar-refractivity contribution is 7.99. The second-order valence-corrected chi connectivity index (χ2v) is 6.24. The van der Waals surface area contributed by atoms with Gasteiger partial charge in [0, 0.05) is 24.1 Å². The molecule has 0 saturated carbocycles. The minimum atomic E-state index is -0.219. The normalized spacial score (nSPS) is 13.1. The van der Waals surface area contributed by atoms with Crippen LogP contribution in [-0.2, 0) is 13.0 Å². The van der Waals surface area contributed by atoms with Gasteiger partial charge < -0.3 is 4.57 Å². The number of hydrogen-bond acceptors (Lipinski definition) is 2. The fourth-order valence-electron chi connectivity index (χ4n) is 2.10. The molecule has 0 bridgehead atoms. The summed E-state index contributed by atoms with van der Waals surface area (Å²) in [5, 5.41) is 0.579. The van der Waals surface area contributed by atoms with Crippen LogP contribution in [0.15, 0.2) is 18.2 Å². The van der Waals surface area contributed by atoms with Crippen molar-refractivity contribution in [2.24, 2.45) is 0 Å². The molecule has 0 saturated heterocycles. The molecule has 0 aliphatic heterocycles. The van der Waals surface area contributed by atoms with Gasteiger partial charge in [0.1, 0.15) is 11.6 Å². The van der Waals surface area contributed by atoms with E-state index in [0.717, 1.165) is 29.8 Å². The summed E-state index contributed by atoms with van der Waals surface area (Å²) in [7, 11) is 0. The van der Waals surface area contributed by atoms with Gasteiger partial charge in [-0.1, -0.05) is 6.92 Å². The Bertz CT molecular complexity index is 556. The lowest BCUT2D eigenvalue weighted by Gasteiger charge is -2.12. The summed E-state index contributed by atoms with van der Waals surface area (Å²) in [6.07, 6.45) is 3.86. The molecule has 5 heteroatoms. The number of halogens is 2. The number of nitrogens with zero attached hydrogens (tertiary/aromatic N) is 2. The van der Waals surface area contributed by atoms with Gasteiger partial charge in [0.25, 0.3) is 0 Å². The van der Waals surface area contributed by atoms with Crippen LogP contribution in [0, 0.1) is 5.82 Å². The van der Waals surface area contributed by atoms with Crippen LogP contribution in [0.4, 0.5) is 4.39 Å². The molecule has 0 spiro atoms. The van der Waals surface area contributed by atoms with Crippen LogP contribution in [0.1, 0.15) is 19.2 Å². The molecule has 0 N–H and O–H groups in total. The second-order valence-electron chi connectivity index (χ2n) is 4.59. The van der Waals surface area contributed by atoms with Crippen LogP contribution in [0.2, 0.25) is 0 Å². The van der Waals surface area contributed by atoms with Gasteiger partial charge in [-0.25, -0.2) is 9.37 Å². The zero-order valence-corrected chi connectivity index (χ0v) is 12.8. The van der Waals surface area contributed by atoms with Gasteiger partial charge >= 0.3 is 0 Å². The molecule has 0 aliphatic rings. The molecule has 0 radical (unpaired) electrons. The predicted molar refractivity (Wildman–Crippen MR) is 81.7 cm³/mol. The highest BCUT2D eigenvalue weighted by atomic mass is 35.5. The maximum atomic E-state index is 13.4. The van der Waals surface area contributed by atoms with Crippen molar-refractivity contribution in [1.29, 1.82) is 0 Å². The fourth-order valence-corrected chi connectivity index (χ4v) is 2.61. The molecule has 1 aromatic carbocycles. The van der Waals surface area contributed by atoms with E-state index in [-0.39, 0.29) is 5.82 Å². The van der Waals surface area contributed by atoms with Crippen LogP contribution in [0.5, 0.6) is 0 Å². The predicted octanol–water partition coefficient (Wildman–Crippen LogP) is 4.10. The molecule has 2 aromatic rings. The summed E-state index contributed by atoms with van der Waals surface area (Å²) in [6, 6.07) is 4.75. The fraction of sp³-hybridized carbons (Fsp3) is 0.500. The Balaban J connectivity index is 2.36. The minimum absolute atomic E-state index is 0.219. The minimum Gasteiger partial charge on any atom is -0.328 e. The number of thioether (sulfide) groups is 1. The van der Waals surface area contributed by atoms with Crippen LogP contribution in [0.3, 0.4) is 0 Å². The Morgan fingerprint density at radius 3 is 2.95 bits per heavy atom. The smallest absolute Gasteiger partial charge is 0.125 e. The van der Waals surface area contributed by atoms with Gasteiger partial charge in [0.15, 0.2) is 0 Å². The van der Waals surface area contributed by atoms with Crippen molar-refractivity contribution in [2.45, 2.75) is 31.6 Å². The molecule has 1 unspecified atom stereocenters. The molecule has 2 rings (SSSR count). The molecule has 0 aliphatic carbocycles. The first kappa shape index (κ1) is 14.7. The van der Waals surface area contributed by atoms with Crippen molar-refractivity contribution in [3.05, 3.63) is 29.8 Å². The Morgan fingerprint density at radius 1 is 1.47 bits per heavy atom. The topological polar surface area (TPSA) is 17.8 Å². The third-order valence-electron chi connectivity index (χ3n) is 3.27. The monoisotopic (exact) mass is 300 g/mol. The van der Waals surface area contributed by atoms with Crippen LogP contribution in [-0.4, -0.2) is 26.9 Å². The molecule has 1 atom stereocenters. The summed E-state index contributed by atoms with van der Waals surface area (Å²) in [5.41, 5.74) is 1.71. The van der Waals surface area contributed by atoms with Gasteiger partial charge in [-0.05, 0) is 30.9 Å². The lowest BCUT2D eigenvalue weighted by molar-refractivity contribution is 0.616. The van der Waals surface area contributed by atoms with Crippen molar-refractivity contribution in [1.82, 2.24) is 9.55 Å². The molecule has 104 valence electrons. The number of hydrogen-bond donors (Lipinski definition) is 0. The van der Waals surface area contributed by atoms with E-state index in [2.05, 4.69) is 22.7 Å². The summed E-state index contributed by atoms with van der Waals surface area (Å²) in [5.74, 6) is 1.26. The zero-order valence-electron chi connectivity index (χ0n) is 11.2. The maximum absolute atomic E-state index is 13.4. The zero-order chi connectivity index (χ0) is 13.8. The van der Waals surface area contributed by atoms with E-state index in [1.807, 2.05) is 11.8 Å². The highest BCUT2D eigenvalue weighted by Gasteiger charge is 2.12. The van der Waals surface area contributed by atoms with Gasteiger partial charge in [0.2, 0.25) is 0 Å². The highest BCUT2D eigenvalue weighted by Crippen LogP contribution is 2.20. The SMILES string of the molecule is CSC(C)CCn1c(CCCl)nc2ccc(F)cc21. The molecular formula is C14H18ClFN2S. The molecule has 19 heavy (non-hydrogen) atoms. The first-order chi connectivity index (χ1) is 9.15. The van der Waals surface area contributed by atoms with E-state index in [1.54, 1.807) is 12.1 Å². The molecule has 1 aromatic heterocycles. The van der Waals surface area contributed by atoms with Crippen molar-refractivity contribution in [3.8, 4) is 0 Å². The van der Waals surface area contributed by atoms with Gasteiger partial charge in [-0.15, -0.1) is 11.6 Å². The van der Waals surface area contributed by atoms with Crippen LogP contribution >= 0.6 is 23.4 Å². The van der Waals surface area contributed by atoms with E-state index < -0.39 is 0 Å². The number of imidazole rings is 1. The Morgan fingerprint density at radius 2 is 2.26 bits per heavy atom. The number of fused-ring (bicyclic) bond motifs is 1. The average Bonchev–Trinajstić information content (AvgIpc) is 2.73. The number of alkyl halides is 1. The van der Waals surface area contributed by atoms with Gasteiger partial charge in [-0.3, -0.25) is 0 Å². The van der Waals surface area contributed by atoms with E-state index in [1.165, 1.54) is 6.07 Å². The second kappa shape index (κ2) is 6.62. The summed E-state index contributed by atoms with van der Waals surface area (Å²) >= 11 is 7.67. The summed E-state index contributed by atoms with van der Waals surface area (Å²) in [6.45, 7) is 3.06. The Kier molecular flexibility index (Phi) is 5.11. The first-order valence-corrected chi connectivity index (χ1v) is 8.21. The van der Waals surface area contributed by atoms with Crippen molar-refractivity contribution < 1.29 is 4.39 Å². The quantitative estimate of drug-likeness (QED) is 0.748. The van der Waals surface area contributed by atoms with E-state index in [4.69, 9.17) is 11.6 Å². The van der Waals surface area contributed by atoms with Crippen molar-refractivity contribution in [3.63, 3.8) is 0 Å². The van der Waals surface area contributed by atoms with Gasteiger partial charge in [0.05, 0.1) is 11.0 Å². The molecule has 0 amide bonds. The summed E-state index contributed by atoms with van der Waals surface area (Å²) < 4.78 is 15.5. The molecule has 2 nitrogen and oxygen atoms in total. The third-order valence-corrected chi connectivity index (χ3v) is 4.50. The number of aryl methyl sites for hydroxylation is 2. The van der Waals surface area contributed by atoms with Crippen molar-refractivity contribution in [2.75, 3.05) is 12.1 Å². The number of rotatable bonds is 6. The largest absolute Gasteiger partial charge is 0.328 e. The Labute approximate surface area is 122 Å². The van der Waals surface area contributed by atoms with E-state index in [0.29, 0.717) is 17.6 Å². The van der Waals surface area contributed by atoms with Crippen LogP contribution in [0.25, 0.3) is 11.0 Å². The maximum Gasteiger partial charge on any atom is 0.125 e.